The molecule has 0 aromatic heterocycles. The zero-order valence-corrected chi connectivity index (χ0v) is 17.9. The number of methoxy groups -OCH3 is 1. The number of carbonyl (C=O) groups excluding carboxylic acids is 1. The summed E-state index contributed by atoms with van der Waals surface area (Å²) < 4.78 is 5.31. The Hall–Kier alpha value is -0.344. The fourth-order valence-corrected chi connectivity index (χ4v) is 3.83. The number of carboxylic acid groups (broad SMARTS) is 1. The van der Waals surface area contributed by atoms with Gasteiger partial charge in [0.1, 0.15) is 5.75 Å². The molecular weight excluding hydrogens is 349 g/mol. The molecule has 0 amide bonds. The molecule has 1 heterocycles. The van der Waals surface area contributed by atoms with Crippen LogP contribution >= 0.6 is 11.8 Å². The normalized spacial score (nSPS) is 14.2. The van der Waals surface area contributed by atoms with Crippen molar-refractivity contribution in [3.8, 4) is 5.75 Å². The van der Waals surface area contributed by atoms with E-state index < -0.39 is 5.97 Å². The molecule has 0 atom stereocenters. The van der Waals surface area contributed by atoms with E-state index in [-0.39, 0.29) is 56.9 Å². The van der Waals surface area contributed by atoms with Gasteiger partial charge in [0.05, 0.1) is 13.1 Å². The van der Waals surface area contributed by atoms with Gasteiger partial charge in [-0.05, 0) is 29.3 Å². The third kappa shape index (κ3) is 4.85. The molecule has 0 aliphatic carbocycles. The second kappa shape index (κ2) is 9.38. The topological polar surface area (TPSA) is 52.6 Å². The largest absolute Gasteiger partial charge is 1.00 e. The Morgan fingerprint density at radius 2 is 2.08 bits per heavy atom. The van der Waals surface area contributed by atoms with Gasteiger partial charge in [0, 0.05) is 35.8 Å². The van der Waals surface area contributed by atoms with Crippen molar-refractivity contribution < 1.29 is 66.0 Å². The molecule has 3 rings (SSSR count). The third-order valence-electron chi connectivity index (χ3n) is 3.96. The van der Waals surface area contributed by atoms with Crippen molar-refractivity contribution in [1.29, 1.82) is 0 Å². The van der Waals surface area contributed by atoms with Gasteiger partial charge in [-0.2, -0.15) is 0 Å². The van der Waals surface area contributed by atoms with Crippen LogP contribution in [0.2, 0.25) is 0 Å². The number of benzene rings is 2. The van der Waals surface area contributed by atoms with E-state index in [2.05, 4.69) is 17.0 Å². The molecule has 0 radical (unpaired) electrons. The quantitative estimate of drug-likeness (QED) is 0.661. The van der Waals surface area contributed by atoms with Gasteiger partial charge in [-0.3, -0.25) is 4.90 Å². The molecule has 4 nitrogen and oxygen atoms in total. The van der Waals surface area contributed by atoms with Crippen LogP contribution in [0, 0.1) is 0 Å². The molecule has 24 heavy (non-hydrogen) atoms. The summed E-state index contributed by atoms with van der Waals surface area (Å²) in [4.78, 5) is 14.8. The van der Waals surface area contributed by atoms with Crippen LogP contribution in [0.1, 0.15) is 21.5 Å². The van der Waals surface area contributed by atoms with Gasteiger partial charge in [-0.15, -0.1) is 11.8 Å². The van der Waals surface area contributed by atoms with Crippen LogP contribution in [0.25, 0.3) is 0 Å². The van der Waals surface area contributed by atoms with Gasteiger partial charge < -0.3 is 14.6 Å². The number of carbonyl (C=O) groups is 1. The summed E-state index contributed by atoms with van der Waals surface area (Å²) in [5.41, 5.74) is 2.29. The number of fused-ring (bicyclic) bond motifs is 1. The summed E-state index contributed by atoms with van der Waals surface area (Å²) in [7, 11) is 1.67. The number of carboxylic acids is 1. The monoisotopic (exact) mass is 367 g/mol. The molecule has 120 valence electrons. The van der Waals surface area contributed by atoms with Gasteiger partial charge in [0.15, 0.2) is 0 Å². The Kier molecular flexibility index (Phi) is 7.81. The zero-order valence-electron chi connectivity index (χ0n) is 14.0. The van der Waals surface area contributed by atoms with Gasteiger partial charge >= 0.3 is 51.4 Å². The minimum absolute atomic E-state index is 0. The minimum atomic E-state index is -1.12. The van der Waals surface area contributed by atoms with Crippen molar-refractivity contribution >= 4 is 17.7 Å². The van der Waals surface area contributed by atoms with Gasteiger partial charge in [0.25, 0.3) is 0 Å². The average molecular weight is 368 g/mol. The van der Waals surface area contributed by atoms with Crippen molar-refractivity contribution in [3.05, 3.63) is 59.2 Å². The molecule has 0 unspecified atom stereocenters. The predicted molar refractivity (Wildman–Crippen MR) is 88.6 cm³/mol. The van der Waals surface area contributed by atoms with Crippen molar-refractivity contribution in [2.24, 2.45) is 0 Å². The summed E-state index contributed by atoms with van der Waals surface area (Å²) in [6, 6.07) is 13.2. The average Bonchev–Trinajstić information content (AvgIpc) is 2.76. The number of hydrogen-bond acceptors (Lipinski definition) is 5. The summed E-state index contributed by atoms with van der Waals surface area (Å²) in [6.45, 7) is 2.28. The summed E-state index contributed by atoms with van der Waals surface area (Å²) >= 11 is 1.83. The fraction of sp³-hybridized carbons (Fsp3) is 0.278. The molecule has 0 bridgehead atoms. The number of nitrogens with zero attached hydrogens (tertiary/aromatic N) is 1. The second-order valence-electron chi connectivity index (χ2n) is 5.48. The SMILES string of the molecule is COc1ccc2c(c1)CN(Cc1ccccc1C(=O)[O-])CCS2.[K+]. The van der Waals surface area contributed by atoms with Gasteiger partial charge in [-0.25, -0.2) is 0 Å². The summed E-state index contributed by atoms with van der Waals surface area (Å²) in [5, 5.41) is 11.3. The fourth-order valence-electron chi connectivity index (χ4n) is 2.79. The Balaban J connectivity index is 0.00000208. The van der Waals surface area contributed by atoms with E-state index in [9.17, 15) is 9.90 Å². The molecule has 0 fully saturated rings. The maximum absolute atomic E-state index is 11.3. The molecule has 0 saturated heterocycles. The Morgan fingerprint density at radius 1 is 1.29 bits per heavy atom. The van der Waals surface area contributed by atoms with E-state index in [1.165, 1.54) is 10.5 Å². The number of rotatable bonds is 4. The van der Waals surface area contributed by atoms with Crippen LogP contribution in [-0.4, -0.2) is 30.3 Å². The first-order valence-corrected chi connectivity index (χ1v) is 8.47. The smallest absolute Gasteiger partial charge is 0.545 e. The van der Waals surface area contributed by atoms with Crippen LogP contribution in [0.4, 0.5) is 0 Å². The van der Waals surface area contributed by atoms with E-state index in [1.807, 2.05) is 30.0 Å². The number of thioether (sulfide) groups is 1. The molecule has 2 aromatic rings. The molecular formula is C18H18KNO3S. The maximum atomic E-state index is 11.3. The van der Waals surface area contributed by atoms with Crippen LogP contribution in [-0.2, 0) is 13.1 Å². The first-order chi connectivity index (χ1) is 11.2. The van der Waals surface area contributed by atoms with E-state index in [4.69, 9.17) is 4.74 Å². The molecule has 2 aromatic carbocycles. The molecule has 0 spiro atoms. The van der Waals surface area contributed by atoms with Crippen molar-refractivity contribution in [3.63, 3.8) is 0 Å². The third-order valence-corrected chi connectivity index (χ3v) is 5.05. The van der Waals surface area contributed by atoms with Gasteiger partial charge in [-0.1, -0.05) is 24.3 Å². The molecule has 0 N–H and O–H groups in total. The number of ether oxygens (including phenoxy) is 1. The van der Waals surface area contributed by atoms with Crippen LogP contribution in [0.5, 0.6) is 5.75 Å². The standard InChI is InChI=1S/C18H19NO3S.K/c1-22-15-6-7-17-14(10-15)12-19(8-9-23-17)11-13-4-2-3-5-16(13)18(20)21;/h2-7,10H,8-9,11-12H2,1H3,(H,20,21);/q;+1/p-1. The molecule has 1 aliphatic heterocycles. The molecule has 1 aliphatic rings. The second-order valence-corrected chi connectivity index (χ2v) is 6.61. The minimum Gasteiger partial charge on any atom is -0.545 e. The van der Waals surface area contributed by atoms with E-state index in [0.717, 1.165) is 30.2 Å². The number of aromatic carboxylic acids is 1. The van der Waals surface area contributed by atoms with Crippen molar-refractivity contribution in [2.45, 2.75) is 18.0 Å². The van der Waals surface area contributed by atoms with Crippen LogP contribution in [0.15, 0.2) is 47.4 Å². The number of hydrogen-bond donors (Lipinski definition) is 0. The predicted octanol–water partition coefficient (Wildman–Crippen LogP) is -0.829. The molecule has 0 saturated carbocycles. The summed E-state index contributed by atoms with van der Waals surface area (Å²) in [6.07, 6.45) is 0. The Labute approximate surface area is 189 Å². The Morgan fingerprint density at radius 3 is 2.83 bits per heavy atom. The zero-order chi connectivity index (χ0) is 16.2. The van der Waals surface area contributed by atoms with E-state index >= 15 is 0 Å². The maximum Gasteiger partial charge on any atom is 1.00 e. The van der Waals surface area contributed by atoms with Crippen LogP contribution < -0.4 is 61.2 Å². The molecule has 6 heteroatoms. The van der Waals surface area contributed by atoms with Crippen molar-refractivity contribution in [1.82, 2.24) is 4.90 Å². The van der Waals surface area contributed by atoms with Crippen molar-refractivity contribution in [2.75, 3.05) is 19.4 Å². The first-order valence-electron chi connectivity index (χ1n) is 7.48. The Bertz CT molecular complexity index is 723. The van der Waals surface area contributed by atoms with E-state index in [0.29, 0.717) is 6.54 Å². The van der Waals surface area contributed by atoms with Crippen LogP contribution in [0.3, 0.4) is 0 Å². The first kappa shape index (κ1) is 20.0. The van der Waals surface area contributed by atoms with E-state index in [1.54, 1.807) is 19.2 Å². The van der Waals surface area contributed by atoms with Gasteiger partial charge in [0.2, 0.25) is 0 Å². The summed E-state index contributed by atoms with van der Waals surface area (Å²) in [5.74, 6) is 0.709.